The molecule has 0 saturated heterocycles. The molecule has 0 radical (unpaired) electrons. The van der Waals surface area contributed by atoms with Gasteiger partial charge in [0.2, 0.25) is 0 Å². The van der Waals surface area contributed by atoms with E-state index in [1.165, 1.54) is 20.0 Å². The molecule has 0 unspecified atom stereocenters. The van der Waals surface area contributed by atoms with E-state index < -0.39 is 0 Å². The number of rotatable bonds is 5. The van der Waals surface area contributed by atoms with Gasteiger partial charge in [0.1, 0.15) is 11.6 Å². The minimum atomic E-state index is -0.365. The number of benzene rings is 1. The number of halogens is 1. The topological polar surface area (TPSA) is 76.1 Å². The van der Waals surface area contributed by atoms with Crippen LogP contribution in [-0.4, -0.2) is 29.3 Å². The summed E-state index contributed by atoms with van der Waals surface area (Å²) in [5, 5.41) is 14.7. The van der Waals surface area contributed by atoms with Gasteiger partial charge in [-0.25, -0.2) is 0 Å². The largest absolute Gasteiger partial charge is 0.495 e. The Kier molecular flexibility index (Phi) is 5.15. The van der Waals surface area contributed by atoms with Gasteiger partial charge in [-0.2, -0.15) is 0 Å². The minimum Gasteiger partial charge on any atom is -0.495 e. The van der Waals surface area contributed by atoms with E-state index in [9.17, 15) is 4.79 Å². The smallest absolute Gasteiger partial charge is 0.276 e. The van der Waals surface area contributed by atoms with E-state index in [2.05, 4.69) is 20.8 Å². The van der Waals surface area contributed by atoms with Crippen molar-refractivity contribution in [1.29, 1.82) is 0 Å². The van der Waals surface area contributed by atoms with E-state index in [-0.39, 0.29) is 11.6 Å². The zero-order chi connectivity index (χ0) is 16.9. The van der Waals surface area contributed by atoms with Gasteiger partial charge in [-0.3, -0.25) is 4.79 Å². The van der Waals surface area contributed by atoms with Gasteiger partial charge in [-0.1, -0.05) is 24.4 Å². The fraction of sp³-hybridized carbons (Fsp3) is 0.353. The van der Waals surface area contributed by atoms with Crippen molar-refractivity contribution in [3.63, 3.8) is 0 Å². The van der Waals surface area contributed by atoms with Gasteiger partial charge in [0.15, 0.2) is 5.69 Å². The van der Waals surface area contributed by atoms with E-state index in [1.54, 1.807) is 30.3 Å². The monoisotopic (exact) mass is 346 g/mol. The molecule has 1 heterocycles. The molecule has 0 bridgehead atoms. The quantitative estimate of drug-likeness (QED) is 0.862. The average Bonchev–Trinajstić information content (AvgIpc) is 3.09. The first-order valence-electron chi connectivity index (χ1n) is 7.91. The molecule has 0 aliphatic heterocycles. The summed E-state index contributed by atoms with van der Waals surface area (Å²) >= 11 is 5.96. The predicted octanol–water partition coefficient (Wildman–Crippen LogP) is 3.75. The molecular weight excluding hydrogens is 328 g/mol. The van der Waals surface area contributed by atoms with Crippen LogP contribution in [0.1, 0.15) is 36.2 Å². The molecule has 1 aliphatic carbocycles. The van der Waals surface area contributed by atoms with Crippen LogP contribution in [-0.2, 0) is 0 Å². The fourth-order valence-electron chi connectivity index (χ4n) is 2.77. The van der Waals surface area contributed by atoms with E-state index in [4.69, 9.17) is 16.3 Å². The zero-order valence-electron chi connectivity index (χ0n) is 13.4. The van der Waals surface area contributed by atoms with Crippen molar-refractivity contribution in [1.82, 2.24) is 10.2 Å². The number of ether oxygens (including phenoxy) is 1. The highest BCUT2D eigenvalue weighted by Crippen LogP contribution is 2.28. The molecule has 0 atom stereocenters. The first-order chi connectivity index (χ1) is 11.7. The summed E-state index contributed by atoms with van der Waals surface area (Å²) in [6.45, 7) is 0. The van der Waals surface area contributed by atoms with Crippen LogP contribution in [0.2, 0.25) is 5.02 Å². The molecule has 7 heteroatoms. The molecule has 6 nitrogen and oxygen atoms in total. The molecule has 2 N–H and O–H groups in total. The lowest BCUT2D eigenvalue weighted by atomic mass is 10.2. The van der Waals surface area contributed by atoms with Gasteiger partial charge >= 0.3 is 0 Å². The number of hydrogen-bond donors (Lipinski definition) is 2. The second-order valence-corrected chi connectivity index (χ2v) is 6.16. The standard InChI is InChI=1S/C17H19ClN4O2/c1-24-15-8-6-11(18)10-14(15)20-17(23)13-7-9-16(22-21-13)19-12-4-2-3-5-12/h6-10,12H,2-5H2,1H3,(H,19,22)(H,20,23). The van der Waals surface area contributed by atoms with Crippen molar-refractivity contribution in [3.8, 4) is 5.75 Å². The Labute approximate surface area is 145 Å². The van der Waals surface area contributed by atoms with Crippen LogP contribution in [0.4, 0.5) is 11.5 Å². The Balaban J connectivity index is 1.67. The molecule has 24 heavy (non-hydrogen) atoms. The van der Waals surface area contributed by atoms with E-state index in [0.29, 0.717) is 28.3 Å². The summed E-state index contributed by atoms with van der Waals surface area (Å²) in [5.41, 5.74) is 0.721. The van der Waals surface area contributed by atoms with Crippen molar-refractivity contribution in [3.05, 3.63) is 41.0 Å². The van der Waals surface area contributed by atoms with Gasteiger partial charge < -0.3 is 15.4 Å². The Morgan fingerprint density at radius 2 is 2.00 bits per heavy atom. The van der Waals surface area contributed by atoms with E-state index in [1.807, 2.05) is 0 Å². The molecule has 1 aliphatic rings. The lowest BCUT2D eigenvalue weighted by molar-refractivity contribution is 0.102. The molecule has 1 amide bonds. The van der Waals surface area contributed by atoms with Gasteiger partial charge in [0.25, 0.3) is 5.91 Å². The maximum atomic E-state index is 12.3. The lowest BCUT2D eigenvalue weighted by Crippen LogP contribution is -2.18. The SMILES string of the molecule is COc1ccc(Cl)cc1NC(=O)c1ccc(NC2CCCC2)nn1. The van der Waals surface area contributed by atoms with Crippen molar-refractivity contribution in [2.45, 2.75) is 31.7 Å². The summed E-state index contributed by atoms with van der Waals surface area (Å²) in [4.78, 5) is 12.3. The fourth-order valence-corrected chi connectivity index (χ4v) is 2.95. The van der Waals surface area contributed by atoms with Crippen LogP contribution in [0.15, 0.2) is 30.3 Å². The summed E-state index contributed by atoms with van der Waals surface area (Å²) < 4.78 is 5.21. The van der Waals surface area contributed by atoms with Crippen LogP contribution < -0.4 is 15.4 Å². The highest BCUT2D eigenvalue weighted by Gasteiger charge is 2.16. The molecule has 1 fully saturated rings. The van der Waals surface area contributed by atoms with E-state index >= 15 is 0 Å². The molecule has 0 spiro atoms. The third-order valence-electron chi connectivity index (χ3n) is 4.01. The summed E-state index contributed by atoms with van der Waals surface area (Å²) in [5.74, 6) is 0.856. The highest BCUT2D eigenvalue weighted by atomic mass is 35.5. The minimum absolute atomic E-state index is 0.231. The maximum Gasteiger partial charge on any atom is 0.276 e. The number of anilines is 2. The Morgan fingerprint density at radius 1 is 1.21 bits per heavy atom. The molecular formula is C17H19ClN4O2. The summed E-state index contributed by atoms with van der Waals surface area (Å²) in [6, 6.07) is 8.89. The Bertz CT molecular complexity index is 715. The second kappa shape index (κ2) is 7.49. The number of nitrogens with one attached hydrogen (secondary N) is 2. The number of amides is 1. The summed E-state index contributed by atoms with van der Waals surface area (Å²) in [7, 11) is 1.53. The van der Waals surface area contributed by atoms with Crippen molar-refractivity contribution < 1.29 is 9.53 Å². The van der Waals surface area contributed by atoms with Crippen molar-refractivity contribution >= 4 is 29.0 Å². The van der Waals surface area contributed by atoms with E-state index in [0.717, 1.165) is 12.8 Å². The van der Waals surface area contributed by atoms with Crippen LogP contribution >= 0.6 is 11.6 Å². The molecule has 1 aromatic carbocycles. The maximum absolute atomic E-state index is 12.3. The van der Waals surface area contributed by atoms with Crippen molar-refractivity contribution in [2.75, 3.05) is 17.7 Å². The number of methoxy groups -OCH3 is 1. The van der Waals surface area contributed by atoms with Gasteiger partial charge in [0, 0.05) is 11.1 Å². The van der Waals surface area contributed by atoms with Crippen molar-refractivity contribution in [2.24, 2.45) is 0 Å². The number of nitrogens with zero attached hydrogens (tertiary/aromatic N) is 2. The number of hydrogen-bond acceptors (Lipinski definition) is 5. The molecule has 1 aromatic heterocycles. The zero-order valence-corrected chi connectivity index (χ0v) is 14.1. The molecule has 2 aromatic rings. The van der Waals surface area contributed by atoms with Gasteiger partial charge in [-0.05, 0) is 43.2 Å². The normalized spacial score (nSPS) is 14.4. The first kappa shape index (κ1) is 16.5. The average molecular weight is 347 g/mol. The second-order valence-electron chi connectivity index (χ2n) is 5.73. The van der Waals surface area contributed by atoms with Gasteiger partial charge in [-0.15, -0.1) is 10.2 Å². The molecule has 126 valence electrons. The lowest BCUT2D eigenvalue weighted by Gasteiger charge is -2.12. The van der Waals surface area contributed by atoms with Crippen LogP contribution in [0, 0.1) is 0 Å². The summed E-state index contributed by atoms with van der Waals surface area (Å²) in [6.07, 6.45) is 4.79. The van der Waals surface area contributed by atoms with Gasteiger partial charge in [0.05, 0.1) is 12.8 Å². The Hall–Kier alpha value is -2.34. The predicted molar refractivity (Wildman–Crippen MR) is 93.9 cm³/mol. The highest BCUT2D eigenvalue weighted by molar-refractivity contribution is 6.31. The third-order valence-corrected chi connectivity index (χ3v) is 4.25. The number of aromatic nitrogens is 2. The van der Waals surface area contributed by atoms with Crippen LogP contribution in [0.25, 0.3) is 0 Å². The molecule has 1 saturated carbocycles. The third kappa shape index (κ3) is 3.94. The first-order valence-corrected chi connectivity index (χ1v) is 8.28. The molecule has 3 rings (SSSR count). The number of carbonyl (C=O) groups excluding carboxylic acids is 1. The Morgan fingerprint density at radius 3 is 2.67 bits per heavy atom. The van der Waals surface area contributed by atoms with Crippen LogP contribution in [0.5, 0.6) is 5.75 Å². The number of carbonyl (C=O) groups is 1. The van der Waals surface area contributed by atoms with Crippen LogP contribution in [0.3, 0.4) is 0 Å².